The summed E-state index contributed by atoms with van der Waals surface area (Å²) in [4.78, 5) is 11.8. The van der Waals surface area contributed by atoms with Gasteiger partial charge >= 0.3 is 0 Å². The molecule has 0 aromatic heterocycles. The van der Waals surface area contributed by atoms with E-state index in [1.807, 2.05) is 32.0 Å². The summed E-state index contributed by atoms with van der Waals surface area (Å²) in [6, 6.07) is 6.00. The maximum absolute atomic E-state index is 11.8. The second kappa shape index (κ2) is 6.75. The molecular weight excluding hydrogens is 252 g/mol. The molecule has 0 aliphatic rings. The van der Waals surface area contributed by atoms with E-state index in [2.05, 4.69) is 12.2 Å². The first-order valence-corrected chi connectivity index (χ1v) is 7.07. The first-order chi connectivity index (χ1) is 9.24. The van der Waals surface area contributed by atoms with Crippen LogP contribution in [0.1, 0.15) is 45.2 Å². The molecular formula is C16H26N2O2. The van der Waals surface area contributed by atoms with E-state index in [9.17, 15) is 4.79 Å². The molecule has 0 heterocycles. The topological polar surface area (TPSA) is 64.3 Å². The third-order valence-corrected chi connectivity index (χ3v) is 3.15. The molecule has 112 valence electrons. The maximum atomic E-state index is 11.8. The van der Waals surface area contributed by atoms with Gasteiger partial charge in [0.1, 0.15) is 5.75 Å². The Morgan fingerprint density at radius 3 is 2.65 bits per heavy atom. The van der Waals surface area contributed by atoms with E-state index in [4.69, 9.17) is 10.5 Å². The molecule has 4 heteroatoms. The predicted molar refractivity (Wildman–Crippen MR) is 81.7 cm³/mol. The summed E-state index contributed by atoms with van der Waals surface area (Å²) >= 11 is 0. The molecule has 0 spiro atoms. The zero-order chi connectivity index (χ0) is 15.3. The van der Waals surface area contributed by atoms with Crippen LogP contribution in [0.5, 0.6) is 5.75 Å². The lowest BCUT2D eigenvalue weighted by Crippen LogP contribution is -2.48. The van der Waals surface area contributed by atoms with Gasteiger partial charge in [0.2, 0.25) is 5.91 Å². The van der Waals surface area contributed by atoms with Gasteiger partial charge in [-0.15, -0.1) is 0 Å². The molecule has 1 aromatic carbocycles. The third kappa shape index (κ3) is 4.85. The van der Waals surface area contributed by atoms with E-state index in [1.165, 1.54) is 0 Å². The van der Waals surface area contributed by atoms with Gasteiger partial charge in [-0.1, -0.05) is 19.1 Å². The predicted octanol–water partition coefficient (Wildman–Crippen LogP) is 2.53. The van der Waals surface area contributed by atoms with Gasteiger partial charge in [-0.3, -0.25) is 4.79 Å². The van der Waals surface area contributed by atoms with Crippen LogP contribution >= 0.6 is 0 Å². The molecule has 0 fully saturated rings. The molecule has 4 nitrogen and oxygen atoms in total. The molecule has 1 rings (SSSR count). The van der Waals surface area contributed by atoms with Crippen molar-refractivity contribution in [1.82, 2.24) is 5.32 Å². The van der Waals surface area contributed by atoms with Gasteiger partial charge in [0.05, 0.1) is 11.6 Å². The summed E-state index contributed by atoms with van der Waals surface area (Å²) in [5.41, 5.74) is 6.99. The van der Waals surface area contributed by atoms with Crippen molar-refractivity contribution in [3.05, 3.63) is 29.3 Å². The second-order valence-electron chi connectivity index (χ2n) is 5.85. The summed E-state index contributed by atoms with van der Waals surface area (Å²) in [5.74, 6) is 0.655. The number of carbonyl (C=O) groups excluding carboxylic acids is 1. The van der Waals surface area contributed by atoms with Crippen molar-refractivity contribution in [3.63, 3.8) is 0 Å². The number of hydrogen-bond acceptors (Lipinski definition) is 3. The zero-order valence-electron chi connectivity index (χ0n) is 13.1. The minimum Gasteiger partial charge on any atom is -0.490 e. The van der Waals surface area contributed by atoms with Crippen LogP contribution in [0, 0.1) is 6.92 Å². The van der Waals surface area contributed by atoms with Gasteiger partial charge in [-0.25, -0.2) is 0 Å². The van der Waals surface area contributed by atoms with Crippen LogP contribution in [-0.4, -0.2) is 17.6 Å². The number of amides is 1. The molecule has 0 aliphatic heterocycles. The normalized spacial score (nSPS) is 12.9. The quantitative estimate of drug-likeness (QED) is 0.840. The molecule has 0 saturated carbocycles. The SMILES string of the molecule is CCC(C)Oc1cc(C)ccc1CNC(=O)C(C)(C)N. The second-order valence-corrected chi connectivity index (χ2v) is 5.85. The van der Waals surface area contributed by atoms with Gasteiger partial charge < -0.3 is 15.8 Å². The summed E-state index contributed by atoms with van der Waals surface area (Å²) in [7, 11) is 0. The molecule has 1 unspecified atom stereocenters. The Labute approximate surface area is 121 Å². The number of aryl methyl sites for hydroxylation is 1. The van der Waals surface area contributed by atoms with Crippen molar-refractivity contribution in [3.8, 4) is 5.75 Å². The highest BCUT2D eigenvalue weighted by Gasteiger charge is 2.21. The standard InChI is InChI=1S/C16H26N2O2/c1-6-12(3)20-14-9-11(2)7-8-13(14)10-18-15(19)16(4,5)17/h7-9,12H,6,10,17H2,1-5H3,(H,18,19). The van der Waals surface area contributed by atoms with Crippen LogP contribution in [0.25, 0.3) is 0 Å². The minimum absolute atomic E-state index is 0.150. The van der Waals surface area contributed by atoms with Crippen molar-refractivity contribution in [2.45, 2.75) is 59.2 Å². The molecule has 1 aromatic rings. The highest BCUT2D eigenvalue weighted by molar-refractivity contribution is 5.85. The van der Waals surface area contributed by atoms with Crippen LogP contribution in [0.2, 0.25) is 0 Å². The summed E-state index contributed by atoms with van der Waals surface area (Å²) in [6.45, 7) is 9.94. The molecule has 0 saturated heterocycles. The van der Waals surface area contributed by atoms with E-state index >= 15 is 0 Å². The summed E-state index contributed by atoms with van der Waals surface area (Å²) in [6.07, 6.45) is 1.09. The first kappa shape index (κ1) is 16.5. The van der Waals surface area contributed by atoms with Crippen molar-refractivity contribution in [2.24, 2.45) is 5.73 Å². The van der Waals surface area contributed by atoms with E-state index < -0.39 is 5.54 Å². The van der Waals surface area contributed by atoms with E-state index in [1.54, 1.807) is 13.8 Å². The number of nitrogens with one attached hydrogen (secondary N) is 1. The molecule has 3 N–H and O–H groups in total. The summed E-state index contributed by atoms with van der Waals surface area (Å²) < 4.78 is 5.91. The minimum atomic E-state index is -0.873. The fourth-order valence-corrected chi connectivity index (χ4v) is 1.62. The van der Waals surface area contributed by atoms with Crippen LogP contribution in [0.3, 0.4) is 0 Å². The van der Waals surface area contributed by atoms with Crippen molar-refractivity contribution < 1.29 is 9.53 Å². The van der Waals surface area contributed by atoms with Crippen molar-refractivity contribution >= 4 is 5.91 Å². The fraction of sp³-hybridized carbons (Fsp3) is 0.562. The largest absolute Gasteiger partial charge is 0.490 e. The average Bonchev–Trinajstić information content (AvgIpc) is 2.36. The zero-order valence-corrected chi connectivity index (χ0v) is 13.1. The lowest BCUT2D eigenvalue weighted by Gasteiger charge is -2.20. The Morgan fingerprint density at radius 1 is 1.45 bits per heavy atom. The fourth-order valence-electron chi connectivity index (χ4n) is 1.62. The van der Waals surface area contributed by atoms with Crippen LogP contribution in [0.4, 0.5) is 0 Å². The van der Waals surface area contributed by atoms with Crippen LogP contribution in [-0.2, 0) is 11.3 Å². The van der Waals surface area contributed by atoms with E-state index in [0.717, 1.165) is 23.3 Å². The Kier molecular flexibility index (Phi) is 5.57. The molecule has 0 bridgehead atoms. The van der Waals surface area contributed by atoms with Gasteiger partial charge in [0.25, 0.3) is 0 Å². The maximum Gasteiger partial charge on any atom is 0.239 e. The molecule has 0 aliphatic carbocycles. The summed E-state index contributed by atoms with van der Waals surface area (Å²) in [5, 5.41) is 2.85. The van der Waals surface area contributed by atoms with Gasteiger partial charge in [0, 0.05) is 12.1 Å². The molecule has 0 radical (unpaired) electrons. The van der Waals surface area contributed by atoms with Crippen LogP contribution in [0.15, 0.2) is 18.2 Å². The van der Waals surface area contributed by atoms with Crippen LogP contribution < -0.4 is 15.8 Å². The smallest absolute Gasteiger partial charge is 0.239 e. The average molecular weight is 278 g/mol. The first-order valence-electron chi connectivity index (χ1n) is 7.07. The highest BCUT2D eigenvalue weighted by Crippen LogP contribution is 2.22. The number of ether oxygens (including phenoxy) is 1. The monoisotopic (exact) mass is 278 g/mol. The molecule has 20 heavy (non-hydrogen) atoms. The number of nitrogens with two attached hydrogens (primary N) is 1. The van der Waals surface area contributed by atoms with Gasteiger partial charge in [-0.2, -0.15) is 0 Å². The third-order valence-electron chi connectivity index (χ3n) is 3.15. The lowest BCUT2D eigenvalue weighted by molar-refractivity contribution is -0.125. The van der Waals surface area contributed by atoms with Crippen molar-refractivity contribution in [2.75, 3.05) is 0 Å². The Hall–Kier alpha value is -1.55. The lowest BCUT2D eigenvalue weighted by atomic mass is 10.1. The number of hydrogen-bond donors (Lipinski definition) is 2. The Morgan fingerprint density at radius 2 is 2.10 bits per heavy atom. The van der Waals surface area contributed by atoms with E-state index in [-0.39, 0.29) is 12.0 Å². The molecule has 1 amide bonds. The number of carbonyl (C=O) groups is 1. The van der Waals surface area contributed by atoms with E-state index in [0.29, 0.717) is 6.54 Å². The number of rotatable bonds is 6. The van der Waals surface area contributed by atoms with Gasteiger partial charge in [-0.05, 0) is 45.7 Å². The van der Waals surface area contributed by atoms with Gasteiger partial charge in [0.15, 0.2) is 0 Å². The molecule has 1 atom stereocenters. The van der Waals surface area contributed by atoms with Crippen molar-refractivity contribution in [1.29, 1.82) is 0 Å². The Balaban J connectivity index is 2.81. The Bertz CT molecular complexity index is 464. The number of benzene rings is 1. The highest BCUT2D eigenvalue weighted by atomic mass is 16.5.